The van der Waals surface area contributed by atoms with E-state index in [-0.39, 0.29) is 17.7 Å². The zero-order valence-electron chi connectivity index (χ0n) is 6.82. The van der Waals surface area contributed by atoms with E-state index in [1.165, 1.54) is 6.33 Å². The first-order valence-corrected chi connectivity index (χ1v) is 4.00. The van der Waals surface area contributed by atoms with Crippen molar-refractivity contribution in [2.24, 2.45) is 17.6 Å². The molecule has 4 nitrogen and oxygen atoms in total. The lowest BCUT2D eigenvalue weighted by Gasteiger charge is -1.90. The summed E-state index contributed by atoms with van der Waals surface area (Å²) in [6.45, 7) is 1.99. The minimum Gasteiger partial charge on any atom is -0.350 e. The Morgan fingerprint density at radius 3 is 2.83 bits per heavy atom. The summed E-state index contributed by atoms with van der Waals surface area (Å²) in [6, 6.07) is 0.0363. The summed E-state index contributed by atoms with van der Waals surface area (Å²) in [5.41, 5.74) is 6.16. The first-order valence-electron chi connectivity index (χ1n) is 4.00. The Hall–Kier alpha value is -1.16. The third kappa shape index (κ3) is 0.956. The molecule has 1 aromatic heterocycles. The fourth-order valence-electron chi connectivity index (χ4n) is 1.47. The molecular formula is C8H11N3O. The third-order valence-corrected chi connectivity index (χ3v) is 2.50. The second kappa shape index (κ2) is 2.42. The number of carbonyl (C=O) groups is 1. The van der Waals surface area contributed by atoms with Crippen LogP contribution < -0.4 is 5.73 Å². The molecule has 3 atom stereocenters. The highest BCUT2D eigenvalue weighted by Crippen LogP contribution is 2.38. The van der Waals surface area contributed by atoms with Crippen molar-refractivity contribution in [3.8, 4) is 0 Å². The van der Waals surface area contributed by atoms with E-state index in [0.717, 1.165) is 0 Å². The maximum atomic E-state index is 11.5. The topological polar surface area (TPSA) is 71.8 Å². The number of hydrogen-bond donors (Lipinski definition) is 2. The Morgan fingerprint density at radius 1 is 1.75 bits per heavy atom. The van der Waals surface area contributed by atoms with E-state index in [1.54, 1.807) is 6.20 Å². The number of H-pyrrole nitrogens is 1. The van der Waals surface area contributed by atoms with Crippen molar-refractivity contribution in [2.45, 2.75) is 13.0 Å². The molecule has 64 valence electrons. The van der Waals surface area contributed by atoms with Crippen molar-refractivity contribution in [3.05, 3.63) is 18.2 Å². The lowest BCUT2D eigenvalue weighted by molar-refractivity contribution is 0.0956. The summed E-state index contributed by atoms with van der Waals surface area (Å²) in [5, 5.41) is 0. The Labute approximate surface area is 70.2 Å². The van der Waals surface area contributed by atoms with E-state index < -0.39 is 0 Å². The van der Waals surface area contributed by atoms with E-state index in [2.05, 4.69) is 9.97 Å². The maximum absolute atomic E-state index is 11.5. The number of carbonyl (C=O) groups excluding carboxylic acids is 1. The monoisotopic (exact) mass is 165 g/mol. The average molecular weight is 165 g/mol. The Morgan fingerprint density at radius 2 is 2.42 bits per heavy atom. The number of ketones is 1. The van der Waals surface area contributed by atoms with Gasteiger partial charge in [-0.1, -0.05) is 6.92 Å². The lowest BCUT2D eigenvalue weighted by Crippen LogP contribution is -2.10. The molecule has 2 rings (SSSR count). The van der Waals surface area contributed by atoms with Crippen LogP contribution in [0.25, 0.3) is 0 Å². The summed E-state index contributed by atoms with van der Waals surface area (Å²) in [5.74, 6) is 0.374. The minimum absolute atomic E-state index is 0.00620. The van der Waals surface area contributed by atoms with Gasteiger partial charge in [-0.05, 0) is 5.92 Å². The molecule has 1 aliphatic rings. The maximum Gasteiger partial charge on any atom is 0.187 e. The lowest BCUT2D eigenvalue weighted by atomic mass is 10.2. The molecule has 1 aromatic rings. The van der Waals surface area contributed by atoms with Crippen LogP contribution in [0.4, 0.5) is 0 Å². The molecule has 0 bridgehead atoms. The van der Waals surface area contributed by atoms with Gasteiger partial charge in [-0.15, -0.1) is 0 Å². The van der Waals surface area contributed by atoms with Gasteiger partial charge < -0.3 is 10.7 Å². The quantitative estimate of drug-likeness (QED) is 0.614. The van der Waals surface area contributed by atoms with E-state index in [1.807, 2.05) is 6.92 Å². The van der Waals surface area contributed by atoms with Crippen LogP contribution in [-0.4, -0.2) is 21.8 Å². The van der Waals surface area contributed by atoms with E-state index in [9.17, 15) is 4.79 Å². The molecule has 0 aliphatic heterocycles. The SMILES string of the molecule is C[C@@H]1C(N)[C@H]1C(=O)c1c[nH]cn1. The highest BCUT2D eigenvalue weighted by atomic mass is 16.1. The first kappa shape index (κ1) is 7.49. The molecule has 1 saturated carbocycles. The number of aromatic nitrogens is 2. The summed E-state index contributed by atoms with van der Waals surface area (Å²) < 4.78 is 0. The van der Waals surface area contributed by atoms with Gasteiger partial charge in [0.25, 0.3) is 0 Å². The van der Waals surface area contributed by atoms with Crippen LogP contribution in [-0.2, 0) is 0 Å². The van der Waals surface area contributed by atoms with E-state index in [4.69, 9.17) is 5.73 Å². The highest BCUT2D eigenvalue weighted by molar-refractivity contribution is 5.98. The Balaban J connectivity index is 2.13. The predicted molar refractivity (Wildman–Crippen MR) is 43.5 cm³/mol. The van der Waals surface area contributed by atoms with Crippen LogP contribution in [0.3, 0.4) is 0 Å². The normalized spacial score (nSPS) is 33.3. The van der Waals surface area contributed by atoms with Crippen LogP contribution in [0, 0.1) is 11.8 Å². The Kier molecular flexibility index (Phi) is 1.51. The first-order chi connectivity index (χ1) is 5.72. The number of imidazole rings is 1. The van der Waals surface area contributed by atoms with E-state index >= 15 is 0 Å². The Bertz CT molecular complexity index is 285. The number of aromatic amines is 1. The number of nitrogens with two attached hydrogens (primary N) is 1. The average Bonchev–Trinajstić information content (AvgIpc) is 2.60. The third-order valence-electron chi connectivity index (χ3n) is 2.50. The molecule has 1 heterocycles. The van der Waals surface area contributed by atoms with E-state index in [0.29, 0.717) is 11.6 Å². The molecule has 1 aliphatic carbocycles. The zero-order valence-corrected chi connectivity index (χ0v) is 6.82. The van der Waals surface area contributed by atoms with Gasteiger partial charge in [0.05, 0.1) is 6.33 Å². The van der Waals surface area contributed by atoms with Crippen LogP contribution in [0.5, 0.6) is 0 Å². The fraction of sp³-hybridized carbons (Fsp3) is 0.500. The molecule has 12 heavy (non-hydrogen) atoms. The largest absolute Gasteiger partial charge is 0.350 e. The standard InChI is InChI=1S/C8H11N3O/c1-4-6(7(4)9)8(12)5-2-10-3-11-5/h2-4,6-7H,9H2,1H3,(H,10,11)/t4-,6-,7?/m0/s1. The van der Waals surface area contributed by atoms with Gasteiger partial charge in [0, 0.05) is 18.2 Å². The van der Waals surface area contributed by atoms with Crippen LogP contribution in [0.2, 0.25) is 0 Å². The number of Topliss-reactive ketones (excluding diaryl/α,β-unsaturated/α-hetero) is 1. The molecule has 4 heteroatoms. The van der Waals surface area contributed by atoms with Crippen molar-refractivity contribution in [2.75, 3.05) is 0 Å². The smallest absolute Gasteiger partial charge is 0.187 e. The number of nitrogens with one attached hydrogen (secondary N) is 1. The molecule has 0 spiro atoms. The van der Waals surface area contributed by atoms with Gasteiger partial charge >= 0.3 is 0 Å². The molecule has 0 aromatic carbocycles. The van der Waals surface area contributed by atoms with Gasteiger partial charge in [0.2, 0.25) is 0 Å². The molecule has 0 saturated heterocycles. The van der Waals surface area contributed by atoms with Crippen LogP contribution >= 0.6 is 0 Å². The molecule has 3 N–H and O–H groups in total. The van der Waals surface area contributed by atoms with Crippen molar-refractivity contribution < 1.29 is 4.79 Å². The predicted octanol–water partition coefficient (Wildman–Crippen LogP) is 0.186. The van der Waals surface area contributed by atoms with Gasteiger partial charge in [-0.3, -0.25) is 4.79 Å². The number of hydrogen-bond acceptors (Lipinski definition) is 3. The van der Waals surface area contributed by atoms with Gasteiger partial charge in [-0.25, -0.2) is 4.98 Å². The second-order valence-electron chi connectivity index (χ2n) is 3.28. The highest BCUT2D eigenvalue weighted by Gasteiger charge is 2.49. The second-order valence-corrected chi connectivity index (χ2v) is 3.28. The number of rotatable bonds is 2. The van der Waals surface area contributed by atoms with Crippen molar-refractivity contribution >= 4 is 5.78 Å². The minimum atomic E-state index is -0.00620. The molecule has 1 fully saturated rings. The fourth-order valence-corrected chi connectivity index (χ4v) is 1.47. The summed E-state index contributed by atoms with van der Waals surface area (Å²) in [6.07, 6.45) is 3.12. The number of nitrogens with zero attached hydrogens (tertiary/aromatic N) is 1. The molecular weight excluding hydrogens is 154 g/mol. The molecule has 0 radical (unpaired) electrons. The van der Waals surface area contributed by atoms with Crippen molar-refractivity contribution in [1.82, 2.24) is 9.97 Å². The van der Waals surface area contributed by atoms with Crippen LogP contribution in [0.1, 0.15) is 17.4 Å². The summed E-state index contributed by atoms with van der Waals surface area (Å²) >= 11 is 0. The van der Waals surface area contributed by atoms with Crippen molar-refractivity contribution in [1.29, 1.82) is 0 Å². The van der Waals surface area contributed by atoms with Gasteiger partial charge in [-0.2, -0.15) is 0 Å². The van der Waals surface area contributed by atoms with Gasteiger partial charge in [0.1, 0.15) is 5.69 Å². The zero-order chi connectivity index (χ0) is 8.72. The van der Waals surface area contributed by atoms with Gasteiger partial charge in [0.15, 0.2) is 5.78 Å². The van der Waals surface area contributed by atoms with Crippen molar-refractivity contribution in [3.63, 3.8) is 0 Å². The summed E-state index contributed by atoms with van der Waals surface area (Å²) in [7, 11) is 0. The molecule has 1 unspecified atom stereocenters. The summed E-state index contributed by atoms with van der Waals surface area (Å²) in [4.78, 5) is 18.2. The van der Waals surface area contributed by atoms with Crippen LogP contribution in [0.15, 0.2) is 12.5 Å². The molecule has 0 amide bonds.